The highest BCUT2D eigenvalue weighted by atomic mass is 79.9. The van der Waals surface area contributed by atoms with Crippen molar-refractivity contribution in [1.82, 2.24) is 0 Å². The Morgan fingerprint density at radius 2 is 2.19 bits per heavy atom. The molecule has 0 aliphatic rings. The third kappa shape index (κ3) is 1.51. The van der Waals surface area contributed by atoms with Crippen LogP contribution >= 0.6 is 15.9 Å². The number of carbonyl (C=O) groups excluding carboxylic acids is 1. The summed E-state index contributed by atoms with van der Waals surface area (Å²) < 4.78 is 11.1. The third-order valence-corrected chi connectivity index (χ3v) is 2.84. The fraction of sp³-hybridized carbons (Fsp3) is 0.100. The summed E-state index contributed by atoms with van der Waals surface area (Å²) in [5.41, 5.74) is 11.6. The monoisotopic (exact) mass is 284 g/mol. The molecule has 0 aliphatic heterocycles. The van der Waals surface area contributed by atoms with Gasteiger partial charge in [0, 0.05) is 11.5 Å². The number of rotatable bonds is 2. The topological polar surface area (TPSA) is 91.5 Å². The first-order valence-corrected chi connectivity index (χ1v) is 5.19. The Balaban J connectivity index is 2.77. The van der Waals surface area contributed by atoms with Gasteiger partial charge in [0.2, 0.25) is 5.76 Å². The Hall–Kier alpha value is -1.69. The summed E-state index contributed by atoms with van der Waals surface area (Å²) in [5, 5.41) is 0.626. The summed E-state index contributed by atoms with van der Waals surface area (Å²) in [6, 6.07) is 3.36. The molecule has 0 radical (unpaired) electrons. The molecular weight excluding hydrogens is 276 g/mol. The number of furan rings is 1. The van der Waals surface area contributed by atoms with E-state index in [0.29, 0.717) is 16.7 Å². The highest BCUT2D eigenvalue weighted by Gasteiger charge is 2.17. The molecule has 1 aromatic carbocycles. The van der Waals surface area contributed by atoms with Crippen LogP contribution in [-0.2, 0) is 0 Å². The molecule has 0 atom stereocenters. The van der Waals surface area contributed by atoms with E-state index < -0.39 is 5.91 Å². The third-order valence-electron chi connectivity index (χ3n) is 2.22. The molecule has 2 aromatic rings. The minimum absolute atomic E-state index is 0.0323. The highest BCUT2D eigenvalue weighted by molar-refractivity contribution is 9.10. The average Bonchev–Trinajstić information content (AvgIpc) is 2.55. The van der Waals surface area contributed by atoms with Gasteiger partial charge in [-0.2, -0.15) is 0 Å². The second kappa shape index (κ2) is 3.71. The zero-order valence-corrected chi connectivity index (χ0v) is 10.00. The normalized spacial score (nSPS) is 10.6. The van der Waals surface area contributed by atoms with Crippen molar-refractivity contribution < 1.29 is 13.9 Å². The summed E-state index contributed by atoms with van der Waals surface area (Å²) in [6.07, 6.45) is 0. The minimum atomic E-state index is -0.691. The second-order valence-electron chi connectivity index (χ2n) is 3.19. The Morgan fingerprint density at radius 1 is 1.50 bits per heavy atom. The lowest BCUT2D eigenvalue weighted by molar-refractivity contribution is 0.0977. The Labute approximate surface area is 99.5 Å². The Kier molecular flexibility index (Phi) is 2.51. The molecule has 0 saturated heterocycles. The van der Waals surface area contributed by atoms with Crippen molar-refractivity contribution in [2.24, 2.45) is 5.73 Å². The van der Waals surface area contributed by atoms with E-state index in [-0.39, 0.29) is 11.4 Å². The average molecular weight is 285 g/mol. The van der Waals surface area contributed by atoms with Crippen LogP contribution in [0.4, 0.5) is 5.69 Å². The maximum atomic E-state index is 11.0. The predicted octanol–water partition coefficient (Wildman–Crippen LogP) is 1.89. The number of hydrogen-bond donors (Lipinski definition) is 2. The van der Waals surface area contributed by atoms with Crippen molar-refractivity contribution >= 4 is 38.5 Å². The molecule has 0 spiro atoms. The Morgan fingerprint density at radius 3 is 2.75 bits per heavy atom. The van der Waals surface area contributed by atoms with E-state index in [9.17, 15) is 4.79 Å². The molecule has 1 heterocycles. The van der Waals surface area contributed by atoms with E-state index >= 15 is 0 Å². The lowest BCUT2D eigenvalue weighted by Gasteiger charge is -2.01. The van der Waals surface area contributed by atoms with Crippen molar-refractivity contribution in [1.29, 1.82) is 0 Å². The van der Waals surface area contributed by atoms with Gasteiger partial charge in [0.1, 0.15) is 11.3 Å². The van der Waals surface area contributed by atoms with E-state index in [1.165, 1.54) is 7.11 Å². The molecule has 2 rings (SSSR count). The van der Waals surface area contributed by atoms with Crippen molar-refractivity contribution in [3.63, 3.8) is 0 Å². The number of nitrogens with two attached hydrogens (primary N) is 2. The van der Waals surface area contributed by atoms with E-state index in [1.54, 1.807) is 12.1 Å². The number of anilines is 1. The molecular formula is C10H9BrN2O3. The van der Waals surface area contributed by atoms with Gasteiger partial charge in [-0.3, -0.25) is 4.79 Å². The molecule has 4 N–H and O–H groups in total. The summed E-state index contributed by atoms with van der Waals surface area (Å²) in [4.78, 5) is 11.0. The van der Waals surface area contributed by atoms with Gasteiger partial charge >= 0.3 is 0 Å². The second-order valence-corrected chi connectivity index (χ2v) is 4.05. The summed E-state index contributed by atoms with van der Waals surface area (Å²) in [6.45, 7) is 0. The van der Waals surface area contributed by atoms with Crippen LogP contribution in [0.15, 0.2) is 21.0 Å². The van der Waals surface area contributed by atoms with Gasteiger partial charge in [-0.25, -0.2) is 0 Å². The highest BCUT2D eigenvalue weighted by Crippen LogP contribution is 2.35. The first-order valence-electron chi connectivity index (χ1n) is 4.40. The van der Waals surface area contributed by atoms with Gasteiger partial charge in [0.05, 0.1) is 17.3 Å². The number of primary amides is 1. The van der Waals surface area contributed by atoms with Crippen LogP contribution in [0.25, 0.3) is 11.0 Å². The first-order chi connectivity index (χ1) is 7.54. The van der Waals surface area contributed by atoms with E-state index in [0.717, 1.165) is 4.47 Å². The zero-order valence-electron chi connectivity index (χ0n) is 8.41. The molecule has 16 heavy (non-hydrogen) atoms. The number of hydrogen-bond acceptors (Lipinski definition) is 4. The van der Waals surface area contributed by atoms with Crippen molar-refractivity contribution in [3.8, 4) is 5.75 Å². The molecule has 1 amide bonds. The lowest BCUT2D eigenvalue weighted by Crippen LogP contribution is -2.11. The minimum Gasteiger partial charge on any atom is -0.495 e. The summed E-state index contributed by atoms with van der Waals surface area (Å²) in [5.74, 6) is -0.129. The fourth-order valence-electron chi connectivity index (χ4n) is 1.46. The van der Waals surface area contributed by atoms with Gasteiger partial charge in [0.25, 0.3) is 5.91 Å². The first kappa shape index (κ1) is 10.8. The number of ether oxygens (including phenoxy) is 1. The fourth-order valence-corrected chi connectivity index (χ4v) is 1.96. The van der Waals surface area contributed by atoms with Gasteiger partial charge in [0.15, 0.2) is 0 Å². The Bertz CT molecular complexity index is 577. The van der Waals surface area contributed by atoms with E-state index in [2.05, 4.69) is 15.9 Å². The largest absolute Gasteiger partial charge is 0.495 e. The predicted molar refractivity (Wildman–Crippen MR) is 63.4 cm³/mol. The number of fused-ring (bicyclic) bond motifs is 1. The van der Waals surface area contributed by atoms with Crippen LogP contribution < -0.4 is 16.2 Å². The number of halogens is 1. The van der Waals surface area contributed by atoms with Crippen LogP contribution in [0.1, 0.15) is 10.6 Å². The quantitative estimate of drug-likeness (QED) is 0.881. The lowest BCUT2D eigenvalue weighted by atomic mass is 10.2. The van der Waals surface area contributed by atoms with E-state index in [1.807, 2.05) is 0 Å². The molecule has 5 nitrogen and oxygen atoms in total. The molecule has 6 heteroatoms. The van der Waals surface area contributed by atoms with Crippen LogP contribution in [-0.4, -0.2) is 13.0 Å². The summed E-state index contributed by atoms with van der Waals surface area (Å²) >= 11 is 3.32. The van der Waals surface area contributed by atoms with Crippen molar-refractivity contribution in [2.45, 2.75) is 0 Å². The molecule has 0 bridgehead atoms. The maximum absolute atomic E-state index is 11.0. The van der Waals surface area contributed by atoms with Crippen molar-refractivity contribution in [3.05, 3.63) is 22.4 Å². The summed E-state index contributed by atoms with van der Waals surface area (Å²) in [7, 11) is 1.53. The van der Waals surface area contributed by atoms with Gasteiger partial charge in [-0.15, -0.1) is 0 Å². The smallest absolute Gasteiger partial charge is 0.286 e. The van der Waals surface area contributed by atoms with E-state index in [4.69, 9.17) is 20.6 Å². The maximum Gasteiger partial charge on any atom is 0.286 e. The number of nitrogen functional groups attached to an aromatic ring is 1. The van der Waals surface area contributed by atoms with Gasteiger partial charge in [-0.05, 0) is 22.0 Å². The van der Waals surface area contributed by atoms with Crippen LogP contribution in [0.3, 0.4) is 0 Å². The number of carbonyl (C=O) groups is 1. The van der Waals surface area contributed by atoms with Crippen molar-refractivity contribution in [2.75, 3.05) is 12.8 Å². The SMILES string of the molecule is COc1cc2oc(C(N)=O)c(N)c2cc1Br. The molecule has 1 aromatic heterocycles. The number of benzene rings is 1. The van der Waals surface area contributed by atoms with Gasteiger partial charge < -0.3 is 20.6 Å². The molecule has 0 saturated carbocycles. The van der Waals surface area contributed by atoms with Crippen LogP contribution in [0.5, 0.6) is 5.75 Å². The van der Waals surface area contributed by atoms with Crippen LogP contribution in [0.2, 0.25) is 0 Å². The van der Waals surface area contributed by atoms with Gasteiger partial charge in [-0.1, -0.05) is 0 Å². The molecule has 0 fully saturated rings. The standard InChI is InChI=1S/C10H9BrN2O3/c1-15-7-3-6-4(2-5(7)11)8(12)9(16-6)10(13)14/h2-3H,12H2,1H3,(H2,13,14). The molecule has 84 valence electrons. The molecule has 0 aliphatic carbocycles. The van der Waals surface area contributed by atoms with Crippen LogP contribution in [0, 0.1) is 0 Å². The molecule has 0 unspecified atom stereocenters. The number of amides is 1. The zero-order chi connectivity index (χ0) is 11.9. The number of methoxy groups -OCH3 is 1.